The van der Waals surface area contributed by atoms with Gasteiger partial charge in [-0.3, -0.25) is 4.79 Å². The van der Waals surface area contributed by atoms with Gasteiger partial charge in [-0.2, -0.15) is 0 Å². The van der Waals surface area contributed by atoms with E-state index in [1.165, 1.54) is 23.5 Å². The van der Waals surface area contributed by atoms with Gasteiger partial charge < -0.3 is 14.4 Å². The molecule has 0 aromatic heterocycles. The van der Waals surface area contributed by atoms with E-state index in [0.29, 0.717) is 9.10 Å². The molecule has 0 spiro atoms. The number of aryl methyl sites for hydroxylation is 2. The molecule has 0 atom stereocenters. The molecule has 6 nitrogen and oxygen atoms in total. The van der Waals surface area contributed by atoms with E-state index in [1.54, 1.807) is 18.7 Å². The number of carbonyl (C=O) groups is 3. The van der Waals surface area contributed by atoms with Gasteiger partial charge in [0.25, 0.3) is 0 Å². The highest BCUT2D eigenvalue weighted by Gasteiger charge is 2.46. The predicted molar refractivity (Wildman–Crippen MR) is 147 cm³/mol. The molecule has 3 rings (SSSR count). The molecular weight excluding hydrogens is 502 g/mol. The molecule has 0 unspecified atom stereocenters. The Bertz CT molecular complexity index is 1150. The molecule has 1 amide bonds. The Hall–Kier alpha value is -2.10. The van der Waals surface area contributed by atoms with Crippen molar-refractivity contribution in [3.8, 4) is 0 Å². The minimum Gasteiger partial charge on any atom is -0.462 e. The van der Waals surface area contributed by atoms with E-state index in [4.69, 9.17) is 21.7 Å². The van der Waals surface area contributed by atoms with Crippen molar-refractivity contribution in [3.63, 3.8) is 0 Å². The maximum atomic E-state index is 13.4. The zero-order chi connectivity index (χ0) is 26.2. The van der Waals surface area contributed by atoms with Crippen LogP contribution in [-0.2, 0) is 23.9 Å². The Morgan fingerprint density at radius 2 is 1.46 bits per heavy atom. The number of hydrogen-bond donors (Lipinski definition) is 0. The summed E-state index contributed by atoms with van der Waals surface area (Å²) in [7, 11) is 0. The zero-order valence-corrected chi connectivity index (χ0v) is 23.8. The van der Waals surface area contributed by atoms with Gasteiger partial charge >= 0.3 is 11.9 Å². The molecule has 9 heteroatoms. The summed E-state index contributed by atoms with van der Waals surface area (Å²) < 4.78 is 11.1. The van der Waals surface area contributed by atoms with Crippen molar-refractivity contribution in [2.24, 2.45) is 5.92 Å². The normalized spacial score (nSPS) is 17.2. The summed E-state index contributed by atoms with van der Waals surface area (Å²) in [5, 5.41) is 0. The second kappa shape index (κ2) is 10.5. The third-order valence-corrected chi connectivity index (χ3v) is 9.16. The van der Waals surface area contributed by atoms with Crippen LogP contribution in [0.2, 0.25) is 0 Å². The van der Waals surface area contributed by atoms with E-state index in [9.17, 15) is 14.4 Å². The highest BCUT2D eigenvalue weighted by Crippen LogP contribution is 2.56. The van der Waals surface area contributed by atoms with E-state index < -0.39 is 17.5 Å². The fourth-order valence-electron chi connectivity index (χ4n) is 3.94. The molecule has 0 N–H and O–H groups in total. The number of fused-ring (bicyclic) bond motifs is 1. The summed E-state index contributed by atoms with van der Waals surface area (Å²) in [5.41, 5.74) is 3.66. The minimum atomic E-state index is -0.800. The number of ether oxygens (including phenoxy) is 2. The molecule has 0 radical (unpaired) electrons. The molecule has 0 saturated carbocycles. The van der Waals surface area contributed by atoms with Crippen molar-refractivity contribution >= 4 is 69.7 Å². The number of rotatable bonds is 5. The number of carbonyl (C=O) groups excluding carboxylic acids is 3. The minimum absolute atomic E-state index is 0.0184. The molecule has 0 fully saturated rings. The quantitative estimate of drug-likeness (QED) is 0.262. The van der Waals surface area contributed by atoms with Crippen LogP contribution in [0, 0.1) is 19.8 Å². The fourth-order valence-corrected chi connectivity index (χ4v) is 6.92. The van der Waals surface area contributed by atoms with Crippen LogP contribution >= 0.6 is 35.7 Å². The molecule has 0 aliphatic carbocycles. The van der Waals surface area contributed by atoms with Crippen molar-refractivity contribution in [1.29, 1.82) is 0 Å². The van der Waals surface area contributed by atoms with Gasteiger partial charge in [-0.05, 0) is 64.8 Å². The first-order valence-corrected chi connectivity index (χ1v) is 13.6. The average molecular weight is 534 g/mol. The SMILES string of the molecule is CCOC(=O)C1=C(C(=O)OCC)SC(=C2C(=S)C(C)(C)N(C(=O)C(C)C)c3cc(C)c(C)cc32)S1. The van der Waals surface area contributed by atoms with Gasteiger partial charge in [-0.15, -0.1) is 0 Å². The number of benzene rings is 1. The smallest absolute Gasteiger partial charge is 0.346 e. The van der Waals surface area contributed by atoms with Gasteiger partial charge in [0.15, 0.2) is 0 Å². The van der Waals surface area contributed by atoms with Crippen molar-refractivity contribution in [3.05, 3.63) is 42.9 Å². The number of esters is 2. The predicted octanol–water partition coefficient (Wildman–Crippen LogP) is 5.94. The van der Waals surface area contributed by atoms with Crippen LogP contribution in [0.1, 0.15) is 58.2 Å². The molecular formula is C26H31NO5S3. The van der Waals surface area contributed by atoms with Gasteiger partial charge in [0.2, 0.25) is 5.91 Å². The Labute approximate surface area is 220 Å². The Balaban J connectivity index is 2.27. The maximum Gasteiger partial charge on any atom is 0.346 e. The highest BCUT2D eigenvalue weighted by atomic mass is 32.2. The van der Waals surface area contributed by atoms with Crippen LogP contribution in [0.25, 0.3) is 5.57 Å². The third kappa shape index (κ3) is 4.95. The lowest BCUT2D eigenvalue weighted by Crippen LogP contribution is -2.57. The number of thiocarbonyl (C=S) groups is 1. The topological polar surface area (TPSA) is 72.9 Å². The van der Waals surface area contributed by atoms with Crippen LogP contribution in [0.4, 0.5) is 5.69 Å². The Morgan fingerprint density at radius 1 is 0.971 bits per heavy atom. The lowest BCUT2D eigenvalue weighted by molar-refractivity contribution is -0.140. The molecule has 1 aromatic rings. The molecule has 1 aromatic carbocycles. The van der Waals surface area contributed by atoms with Crippen molar-refractivity contribution < 1.29 is 23.9 Å². The summed E-state index contributed by atoms with van der Waals surface area (Å²) in [5.74, 6) is -1.37. The lowest BCUT2D eigenvalue weighted by atomic mass is 9.81. The molecule has 2 aliphatic heterocycles. The van der Waals surface area contributed by atoms with Gasteiger partial charge in [0.05, 0.1) is 33.5 Å². The monoisotopic (exact) mass is 533 g/mol. The van der Waals surface area contributed by atoms with Crippen LogP contribution in [0.5, 0.6) is 0 Å². The van der Waals surface area contributed by atoms with E-state index in [1.807, 2.05) is 53.7 Å². The van der Waals surface area contributed by atoms with Crippen molar-refractivity contribution in [1.82, 2.24) is 0 Å². The van der Waals surface area contributed by atoms with E-state index in [2.05, 4.69) is 0 Å². The van der Waals surface area contributed by atoms with Crippen LogP contribution < -0.4 is 4.90 Å². The van der Waals surface area contributed by atoms with Gasteiger partial charge in [-0.1, -0.05) is 49.6 Å². The first-order chi connectivity index (χ1) is 16.4. The highest BCUT2D eigenvalue weighted by molar-refractivity contribution is 8.29. The molecule has 2 heterocycles. The number of thioether (sulfide) groups is 2. The summed E-state index contributed by atoms with van der Waals surface area (Å²) >= 11 is 8.37. The van der Waals surface area contributed by atoms with Crippen LogP contribution in [0.3, 0.4) is 0 Å². The van der Waals surface area contributed by atoms with Crippen molar-refractivity contribution in [2.45, 2.75) is 60.9 Å². The Kier molecular flexibility index (Phi) is 8.23. The molecule has 0 saturated heterocycles. The summed E-state index contributed by atoms with van der Waals surface area (Å²) in [4.78, 5) is 41.6. The zero-order valence-electron chi connectivity index (χ0n) is 21.4. The third-order valence-electron chi connectivity index (χ3n) is 5.90. The molecule has 188 valence electrons. The first kappa shape index (κ1) is 27.5. The standard InChI is InChI=1S/C26H31NO5S3/c1-9-31-23(29)19-20(24(30)32-10-2)35-25(34-19)18-16-11-14(5)15(6)12-17(16)27(22(28)13(3)4)26(7,8)21(18)33/h11-13H,9-10H2,1-8H3. The average Bonchev–Trinajstić information content (AvgIpc) is 3.21. The molecule has 35 heavy (non-hydrogen) atoms. The summed E-state index contributed by atoms with van der Waals surface area (Å²) in [6.07, 6.45) is 0. The number of amides is 1. The van der Waals surface area contributed by atoms with E-state index in [0.717, 1.165) is 28.0 Å². The molecule has 0 bridgehead atoms. The first-order valence-electron chi connectivity index (χ1n) is 11.6. The second-order valence-corrected chi connectivity index (χ2v) is 11.8. The van der Waals surface area contributed by atoms with Crippen LogP contribution in [0.15, 0.2) is 26.2 Å². The van der Waals surface area contributed by atoms with Gasteiger partial charge in [0, 0.05) is 17.1 Å². The summed E-state index contributed by atoms with van der Waals surface area (Å²) in [6, 6.07) is 4.05. The summed E-state index contributed by atoms with van der Waals surface area (Å²) in [6.45, 7) is 15.5. The van der Waals surface area contributed by atoms with Crippen LogP contribution in [-0.4, -0.2) is 41.5 Å². The second-order valence-electron chi connectivity index (χ2n) is 9.14. The largest absolute Gasteiger partial charge is 0.462 e. The number of hydrogen-bond acceptors (Lipinski definition) is 8. The maximum absolute atomic E-state index is 13.4. The number of nitrogens with zero attached hydrogens (tertiary/aromatic N) is 1. The molecule has 2 aliphatic rings. The lowest BCUT2D eigenvalue weighted by Gasteiger charge is -2.46. The number of anilines is 1. The van der Waals surface area contributed by atoms with E-state index in [-0.39, 0.29) is 34.8 Å². The van der Waals surface area contributed by atoms with E-state index >= 15 is 0 Å². The van der Waals surface area contributed by atoms with Gasteiger partial charge in [0.1, 0.15) is 9.81 Å². The fraction of sp³-hybridized carbons (Fsp3) is 0.462. The Morgan fingerprint density at radius 3 is 1.91 bits per heavy atom. The van der Waals surface area contributed by atoms with Crippen molar-refractivity contribution in [2.75, 3.05) is 18.1 Å². The van der Waals surface area contributed by atoms with Gasteiger partial charge in [-0.25, -0.2) is 9.59 Å².